The van der Waals surface area contributed by atoms with Crippen molar-refractivity contribution in [1.29, 1.82) is 5.26 Å². The van der Waals surface area contributed by atoms with Gasteiger partial charge in [-0.25, -0.2) is 0 Å². The van der Waals surface area contributed by atoms with Crippen molar-refractivity contribution in [3.63, 3.8) is 0 Å². The van der Waals surface area contributed by atoms with Gasteiger partial charge in [-0.3, -0.25) is 10.2 Å². The molecule has 0 radical (unpaired) electrons. The van der Waals surface area contributed by atoms with Gasteiger partial charge in [-0.1, -0.05) is 6.92 Å². The van der Waals surface area contributed by atoms with Crippen LogP contribution in [0.3, 0.4) is 0 Å². The number of nitrogens with zero attached hydrogens (tertiary/aromatic N) is 3. The minimum atomic E-state index is -0.404. The Labute approximate surface area is 106 Å². The average Bonchev–Trinajstić information content (AvgIpc) is 2.52. The predicted molar refractivity (Wildman–Crippen MR) is 70.9 cm³/mol. The molecule has 1 saturated heterocycles. The van der Waals surface area contributed by atoms with Crippen LogP contribution in [0.5, 0.6) is 0 Å². The zero-order valence-electron chi connectivity index (χ0n) is 11.5. The minimum absolute atomic E-state index is 0.404. The van der Waals surface area contributed by atoms with Crippen LogP contribution in [0.4, 0.5) is 0 Å². The summed E-state index contributed by atoms with van der Waals surface area (Å²) in [7, 11) is 2.17. The second-order valence-corrected chi connectivity index (χ2v) is 5.30. The first-order chi connectivity index (χ1) is 8.09. The molecule has 98 valence electrons. The zero-order valence-corrected chi connectivity index (χ0v) is 11.5. The molecule has 0 amide bonds. The highest BCUT2D eigenvalue weighted by molar-refractivity contribution is 5.05. The number of nitrogens with one attached hydrogen (secondary N) is 1. The van der Waals surface area contributed by atoms with Crippen molar-refractivity contribution in [2.75, 3.05) is 46.3 Å². The van der Waals surface area contributed by atoms with Crippen molar-refractivity contribution in [3.05, 3.63) is 0 Å². The maximum atomic E-state index is 9.32. The SMILES string of the molecule is CCCNC(C)(C#N)CN1CCCN(C)CC1. The molecule has 4 nitrogen and oxygen atoms in total. The summed E-state index contributed by atoms with van der Waals surface area (Å²) in [5.74, 6) is 0. The Morgan fingerprint density at radius 3 is 2.71 bits per heavy atom. The van der Waals surface area contributed by atoms with Crippen LogP contribution in [-0.4, -0.2) is 61.7 Å². The van der Waals surface area contributed by atoms with Gasteiger partial charge < -0.3 is 4.90 Å². The van der Waals surface area contributed by atoms with Gasteiger partial charge in [0.05, 0.1) is 6.07 Å². The summed E-state index contributed by atoms with van der Waals surface area (Å²) in [4.78, 5) is 4.78. The molecular formula is C13H26N4. The van der Waals surface area contributed by atoms with Gasteiger partial charge in [-0.05, 0) is 46.4 Å². The van der Waals surface area contributed by atoms with Crippen molar-refractivity contribution in [3.8, 4) is 6.07 Å². The van der Waals surface area contributed by atoms with Crippen LogP contribution in [0.2, 0.25) is 0 Å². The fraction of sp³-hybridized carbons (Fsp3) is 0.923. The Balaban J connectivity index is 2.47. The molecule has 17 heavy (non-hydrogen) atoms. The Hall–Kier alpha value is -0.630. The highest BCUT2D eigenvalue weighted by atomic mass is 15.2. The molecule has 1 heterocycles. The van der Waals surface area contributed by atoms with E-state index in [1.54, 1.807) is 0 Å². The molecule has 1 atom stereocenters. The zero-order chi connectivity index (χ0) is 12.7. The Morgan fingerprint density at radius 2 is 2.06 bits per heavy atom. The Morgan fingerprint density at radius 1 is 1.29 bits per heavy atom. The number of nitriles is 1. The molecule has 0 spiro atoms. The maximum Gasteiger partial charge on any atom is 0.116 e. The summed E-state index contributed by atoms with van der Waals surface area (Å²) >= 11 is 0. The van der Waals surface area contributed by atoms with E-state index in [4.69, 9.17) is 0 Å². The average molecular weight is 238 g/mol. The van der Waals surface area contributed by atoms with E-state index >= 15 is 0 Å². The summed E-state index contributed by atoms with van der Waals surface area (Å²) in [5.41, 5.74) is -0.404. The van der Waals surface area contributed by atoms with Gasteiger partial charge in [0.15, 0.2) is 0 Å². The smallest absolute Gasteiger partial charge is 0.116 e. The van der Waals surface area contributed by atoms with Crippen molar-refractivity contribution in [2.45, 2.75) is 32.2 Å². The third-order valence-corrected chi connectivity index (χ3v) is 3.36. The van der Waals surface area contributed by atoms with Gasteiger partial charge in [0, 0.05) is 19.6 Å². The van der Waals surface area contributed by atoms with Crippen LogP contribution in [0, 0.1) is 11.3 Å². The summed E-state index contributed by atoms with van der Waals surface area (Å²) in [6.07, 6.45) is 2.27. The first-order valence-corrected chi connectivity index (χ1v) is 6.67. The lowest BCUT2D eigenvalue weighted by molar-refractivity contribution is 0.225. The molecule has 0 aromatic rings. The van der Waals surface area contributed by atoms with Gasteiger partial charge in [0.25, 0.3) is 0 Å². The van der Waals surface area contributed by atoms with Crippen molar-refractivity contribution in [2.24, 2.45) is 0 Å². The maximum absolute atomic E-state index is 9.32. The van der Waals surface area contributed by atoms with Crippen molar-refractivity contribution < 1.29 is 0 Å². The molecule has 4 heteroatoms. The number of hydrogen-bond acceptors (Lipinski definition) is 4. The third kappa shape index (κ3) is 5.03. The van der Waals surface area contributed by atoms with Gasteiger partial charge in [0.1, 0.15) is 5.54 Å². The lowest BCUT2D eigenvalue weighted by atomic mass is 10.0. The van der Waals surface area contributed by atoms with Crippen LogP contribution < -0.4 is 5.32 Å². The summed E-state index contributed by atoms with van der Waals surface area (Å²) < 4.78 is 0. The molecule has 0 aromatic heterocycles. The molecule has 0 bridgehead atoms. The van der Waals surface area contributed by atoms with Crippen LogP contribution in [0.25, 0.3) is 0 Å². The van der Waals surface area contributed by atoms with Crippen LogP contribution in [0.15, 0.2) is 0 Å². The van der Waals surface area contributed by atoms with E-state index < -0.39 is 5.54 Å². The van der Waals surface area contributed by atoms with E-state index in [1.807, 2.05) is 6.92 Å². The monoisotopic (exact) mass is 238 g/mol. The highest BCUT2D eigenvalue weighted by Crippen LogP contribution is 2.09. The Bertz CT molecular complexity index is 261. The number of hydrogen-bond donors (Lipinski definition) is 1. The normalized spacial score (nSPS) is 22.7. The number of rotatable bonds is 5. The topological polar surface area (TPSA) is 42.3 Å². The standard InChI is InChI=1S/C13H26N4/c1-4-6-15-13(2,11-14)12-17-8-5-7-16(3)9-10-17/h15H,4-10,12H2,1-3H3. The lowest BCUT2D eigenvalue weighted by Gasteiger charge is -2.30. The van der Waals surface area contributed by atoms with E-state index in [-0.39, 0.29) is 0 Å². The second kappa shape index (κ2) is 6.95. The molecule has 0 aliphatic carbocycles. The summed E-state index contributed by atoms with van der Waals surface area (Å²) in [6, 6.07) is 2.43. The Kier molecular flexibility index (Phi) is 5.90. The highest BCUT2D eigenvalue weighted by Gasteiger charge is 2.26. The lowest BCUT2D eigenvalue weighted by Crippen LogP contribution is -2.51. The molecule has 0 aromatic carbocycles. The third-order valence-electron chi connectivity index (χ3n) is 3.36. The van der Waals surface area contributed by atoms with E-state index in [2.05, 4.69) is 35.2 Å². The van der Waals surface area contributed by atoms with Gasteiger partial charge in [-0.2, -0.15) is 5.26 Å². The second-order valence-electron chi connectivity index (χ2n) is 5.30. The molecule has 1 fully saturated rings. The van der Waals surface area contributed by atoms with Crippen LogP contribution in [0.1, 0.15) is 26.7 Å². The van der Waals surface area contributed by atoms with Crippen molar-refractivity contribution >= 4 is 0 Å². The van der Waals surface area contributed by atoms with Crippen molar-refractivity contribution in [1.82, 2.24) is 15.1 Å². The fourth-order valence-corrected chi connectivity index (χ4v) is 2.24. The first-order valence-electron chi connectivity index (χ1n) is 6.67. The quantitative estimate of drug-likeness (QED) is 0.773. The molecule has 1 rings (SSSR count). The predicted octanol–water partition coefficient (Wildman–Crippen LogP) is 0.906. The first kappa shape index (κ1) is 14.4. The van der Waals surface area contributed by atoms with E-state index in [9.17, 15) is 5.26 Å². The fourth-order valence-electron chi connectivity index (χ4n) is 2.24. The van der Waals surface area contributed by atoms with E-state index in [1.165, 1.54) is 13.0 Å². The van der Waals surface area contributed by atoms with Crippen LogP contribution in [-0.2, 0) is 0 Å². The molecule has 1 aliphatic rings. The van der Waals surface area contributed by atoms with Crippen LogP contribution >= 0.6 is 0 Å². The largest absolute Gasteiger partial charge is 0.305 e. The molecule has 0 saturated carbocycles. The summed E-state index contributed by atoms with van der Waals surface area (Å²) in [6.45, 7) is 10.3. The van der Waals surface area contributed by atoms with E-state index in [0.717, 1.165) is 39.1 Å². The van der Waals surface area contributed by atoms with Gasteiger partial charge >= 0.3 is 0 Å². The summed E-state index contributed by atoms with van der Waals surface area (Å²) in [5, 5.41) is 12.7. The van der Waals surface area contributed by atoms with E-state index in [0.29, 0.717) is 0 Å². The molecule has 1 aliphatic heterocycles. The van der Waals surface area contributed by atoms with Gasteiger partial charge in [-0.15, -0.1) is 0 Å². The molecular weight excluding hydrogens is 212 g/mol. The number of likely N-dealkylation sites (N-methyl/N-ethyl adjacent to an activating group) is 1. The van der Waals surface area contributed by atoms with Gasteiger partial charge in [0.2, 0.25) is 0 Å². The minimum Gasteiger partial charge on any atom is -0.305 e. The molecule has 1 unspecified atom stereocenters. The molecule has 1 N–H and O–H groups in total.